The number of nitrogens with one attached hydrogen (secondary N) is 2. The molecule has 1 heterocycles. The molecule has 3 amide bonds. The quantitative estimate of drug-likeness (QED) is 0.472. The van der Waals surface area contributed by atoms with Crippen molar-refractivity contribution in [3.63, 3.8) is 0 Å². The van der Waals surface area contributed by atoms with E-state index in [-0.39, 0.29) is 29.7 Å². The van der Waals surface area contributed by atoms with Crippen molar-refractivity contribution in [2.45, 2.75) is 110 Å². The second kappa shape index (κ2) is 11.1. The first-order valence-corrected chi connectivity index (χ1v) is 12.7. The van der Waals surface area contributed by atoms with Crippen LogP contribution in [0.4, 0.5) is 0 Å². The van der Waals surface area contributed by atoms with Crippen LogP contribution in [0.15, 0.2) is 18.2 Å². The minimum atomic E-state index is -0.313. The van der Waals surface area contributed by atoms with Crippen LogP contribution >= 0.6 is 0 Å². The van der Waals surface area contributed by atoms with E-state index in [4.69, 9.17) is 7.85 Å². The number of rotatable bonds is 7. The maximum Gasteiger partial charge on any atom is 0.254 e. The molecule has 1 aromatic rings. The maximum absolute atomic E-state index is 12.3. The largest absolute Gasteiger partial charge is 0.332 e. The molecule has 184 valence electrons. The lowest BCUT2D eigenvalue weighted by Crippen LogP contribution is -2.62. The van der Waals surface area contributed by atoms with Gasteiger partial charge in [0.05, 0.1) is 7.85 Å². The summed E-state index contributed by atoms with van der Waals surface area (Å²) in [7, 11) is 6.30. The molecule has 3 aliphatic rings. The summed E-state index contributed by atoms with van der Waals surface area (Å²) in [6.45, 7) is 9.12. The van der Waals surface area contributed by atoms with Crippen molar-refractivity contribution in [3.8, 4) is 0 Å². The first-order chi connectivity index (χ1) is 16.0. The summed E-state index contributed by atoms with van der Waals surface area (Å²) in [4.78, 5) is 35.5. The molecule has 1 aromatic carbocycles. The Balaban J connectivity index is 0.000000202. The van der Waals surface area contributed by atoms with E-state index in [0.29, 0.717) is 30.8 Å². The Morgan fingerprint density at radius 1 is 1.24 bits per heavy atom. The third-order valence-corrected chi connectivity index (χ3v) is 7.32. The number of carbonyl (C=O) groups is 3. The second-order valence-electron chi connectivity index (χ2n) is 11.3. The van der Waals surface area contributed by atoms with E-state index in [9.17, 15) is 14.4 Å². The van der Waals surface area contributed by atoms with Crippen LogP contribution in [0.25, 0.3) is 0 Å². The molecule has 0 saturated heterocycles. The number of imide groups is 1. The lowest BCUT2D eigenvalue weighted by atomic mass is 9.50. The highest BCUT2D eigenvalue weighted by atomic mass is 16.2. The van der Waals surface area contributed by atoms with Gasteiger partial charge >= 0.3 is 0 Å². The molecule has 2 fully saturated rings. The monoisotopic (exact) mass is 465 g/mol. The fraction of sp³-hybridized carbons (Fsp3) is 0.667. The molecule has 1 atom stereocenters. The average Bonchev–Trinajstić information content (AvgIpc) is 3.07. The molecule has 0 bridgehead atoms. The van der Waals surface area contributed by atoms with Crippen LogP contribution < -0.4 is 10.6 Å². The van der Waals surface area contributed by atoms with Crippen LogP contribution in [0.1, 0.15) is 100 Å². The van der Waals surface area contributed by atoms with Crippen molar-refractivity contribution in [2.24, 2.45) is 5.41 Å². The highest BCUT2D eigenvalue weighted by Gasteiger charge is 2.45. The standard InChI is InChI=1S/C15H18N2O3.C12H22BN/c1-10-3-5-13-12(7-10)8-17(15(13)20)11(2)4-6-14(19)16-9-18;1-11(2)8-12(13,9-11)14-10-6-4-3-5-7-10/h3,5,7,9,11H,4,6,8H2,1-2H3,(H,16,18,19);10,14H,3-9H2,1-2H3. The summed E-state index contributed by atoms with van der Waals surface area (Å²) in [5, 5.41) is 5.77. The van der Waals surface area contributed by atoms with E-state index >= 15 is 0 Å². The zero-order chi connectivity index (χ0) is 24.9. The molecule has 1 unspecified atom stereocenters. The van der Waals surface area contributed by atoms with Gasteiger partial charge in [0.1, 0.15) is 0 Å². The van der Waals surface area contributed by atoms with Crippen molar-refractivity contribution < 1.29 is 14.4 Å². The van der Waals surface area contributed by atoms with Crippen LogP contribution in [0, 0.1) is 12.3 Å². The summed E-state index contributed by atoms with van der Waals surface area (Å²) in [6, 6.07) is 6.48. The Kier molecular flexibility index (Phi) is 8.61. The van der Waals surface area contributed by atoms with Crippen LogP contribution in [-0.4, -0.2) is 48.5 Å². The van der Waals surface area contributed by atoms with Crippen molar-refractivity contribution in [1.29, 1.82) is 0 Å². The Morgan fingerprint density at radius 3 is 2.53 bits per heavy atom. The van der Waals surface area contributed by atoms with Gasteiger partial charge in [-0.25, -0.2) is 0 Å². The molecule has 1 aliphatic heterocycles. The fourth-order valence-electron chi connectivity index (χ4n) is 5.87. The van der Waals surface area contributed by atoms with E-state index in [0.717, 1.165) is 29.5 Å². The molecule has 0 aromatic heterocycles. The Labute approximate surface area is 206 Å². The molecule has 2 N–H and O–H groups in total. The van der Waals surface area contributed by atoms with E-state index in [1.54, 1.807) is 4.90 Å². The van der Waals surface area contributed by atoms with Gasteiger partial charge in [-0.2, -0.15) is 0 Å². The minimum Gasteiger partial charge on any atom is -0.332 e. The molecule has 0 spiro atoms. The first-order valence-electron chi connectivity index (χ1n) is 12.7. The van der Waals surface area contributed by atoms with Crippen molar-refractivity contribution in [1.82, 2.24) is 15.5 Å². The summed E-state index contributed by atoms with van der Waals surface area (Å²) in [5.41, 5.74) is 3.36. The van der Waals surface area contributed by atoms with Crippen LogP contribution in [0.5, 0.6) is 0 Å². The van der Waals surface area contributed by atoms with E-state index < -0.39 is 0 Å². The van der Waals surface area contributed by atoms with Gasteiger partial charge in [0.15, 0.2) is 0 Å². The number of hydrogen-bond donors (Lipinski definition) is 2. The second-order valence-corrected chi connectivity index (χ2v) is 11.3. The predicted octanol–water partition coefficient (Wildman–Crippen LogP) is 3.99. The number of aryl methyl sites for hydroxylation is 1. The molecule has 7 heteroatoms. The lowest BCUT2D eigenvalue weighted by molar-refractivity contribution is -0.125. The minimum absolute atomic E-state index is 0.0169. The number of benzene rings is 1. The van der Waals surface area contributed by atoms with Crippen molar-refractivity contribution in [2.75, 3.05) is 0 Å². The number of amides is 3. The Bertz CT molecular complexity index is 887. The van der Waals surface area contributed by atoms with E-state index in [1.165, 1.54) is 32.1 Å². The molecular formula is C27H40BN3O3. The molecule has 4 rings (SSSR count). The highest BCUT2D eigenvalue weighted by Crippen LogP contribution is 2.46. The molecule has 2 saturated carbocycles. The normalized spacial score (nSPS) is 21.5. The van der Waals surface area contributed by atoms with Gasteiger partial charge in [-0.05, 0) is 68.4 Å². The topological polar surface area (TPSA) is 78.5 Å². The summed E-state index contributed by atoms with van der Waals surface area (Å²) >= 11 is 0. The van der Waals surface area contributed by atoms with Crippen LogP contribution in [-0.2, 0) is 16.1 Å². The van der Waals surface area contributed by atoms with E-state index in [1.807, 2.05) is 32.0 Å². The average molecular weight is 465 g/mol. The van der Waals surface area contributed by atoms with Gasteiger partial charge in [0.2, 0.25) is 12.3 Å². The molecular weight excluding hydrogens is 425 g/mol. The molecule has 6 nitrogen and oxygen atoms in total. The Hall–Kier alpha value is -2.15. The SMILES string of the molecule is Cc1ccc2c(c1)CN(C(C)CCC(=O)NC=O)C2=O.[B]C1(NC2CCCCC2)CC(C)(C)C1. The van der Waals surface area contributed by atoms with Gasteiger partial charge < -0.3 is 10.2 Å². The van der Waals surface area contributed by atoms with Crippen LogP contribution in [0.3, 0.4) is 0 Å². The van der Waals surface area contributed by atoms with Gasteiger partial charge in [-0.1, -0.05) is 50.8 Å². The number of nitrogens with zero attached hydrogens (tertiary/aromatic N) is 1. The number of carbonyl (C=O) groups excluding carboxylic acids is 3. The summed E-state index contributed by atoms with van der Waals surface area (Å²) < 4.78 is 0. The number of hydrogen-bond acceptors (Lipinski definition) is 4. The van der Waals surface area contributed by atoms with Gasteiger partial charge in [-0.15, -0.1) is 0 Å². The molecule has 34 heavy (non-hydrogen) atoms. The number of fused-ring (bicyclic) bond motifs is 1. The van der Waals surface area contributed by atoms with Gasteiger partial charge in [-0.3, -0.25) is 19.7 Å². The van der Waals surface area contributed by atoms with E-state index in [2.05, 4.69) is 24.5 Å². The summed E-state index contributed by atoms with van der Waals surface area (Å²) in [6.07, 6.45) is 10.3. The summed E-state index contributed by atoms with van der Waals surface area (Å²) in [5.74, 6) is -0.296. The fourth-order valence-corrected chi connectivity index (χ4v) is 5.87. The maximum atomic E-state index is 12.3. The van der Waals surface area contributed by atoms with Gasteiger partial charge in [0.25, 0.3) is 5.91 Å². The molecule has 2 radical (unpaired) electrons. The predicted molar refractivity (Wildman–Crippen MR) is 135 cm³/mol. The highest BCUT2D eigenvalue weighted by molar-refractivity contribution is 6.16. The smallest absolute Gasteiger partial charge is 0.254 e. The third-order valence-electron chi connectivity index (χ3n) is 7.32. The van der Waals surface area contributed by atoms with Crippen molar-refractivity contribution >= 4 is 26.1 Å². The van der Waals surface area contributed by atoms with Gasteiger partial charge in [0, 0.05) is 30.6 Å². The van der Waals surface area contributed by atoms with Crippen LogP contribution in [0.2, 0.25) is 0 Å². The van der Waals surface area contributed by atoms with Crippen molar-refractivity contribution in [3.05, 3.63) is 34.9 Å². The zero-order valence-electron chi connectivity index (χ0n) is 21.3. The molecule has 2 aliphatic carbocycles. The third kappa shape index (κ3) is 6.94. The lowest BCUT2D eigenvalue weighted by Gasteiger charge is -2.54. The Morgan fingerprint density at radius 2 is 1.91 bits per heavy atom. The first kappa shape index (κ1) is 26.5. The zero-order valence-corrected chi connectivity index (χ0v) is 21.3.